The zero-order chi connectivity index (χ0) is 16.6. The Hall–Kier alpha value is -2.22. The van der Waals surface area contributed by atoms with Crippen molar-refractivity contribution in [2.45, 2.75) is 46.5 Å². The molecule has 0 aromatic heterocycles. The molecular formula is C21H22O2. The molecular weight excluding hydrogens is 284 g/mol. The van der Waals surface area contributed by atoms with E-state index in [1.807, 2.05) is 6.92 Å². The summed E-state index contributed by atoms with van der Waals surface area (Å²) in [6, 6.07) is 2.18. The maximum atomic E-state index is 12.4. The van der Waals surface area contributed by atoms with Gasteiger partial charge in [0.1, 0.15) is 0 Å². The molecule has 2 nitrogen and oxygen atoms in total. The minimum Gasteiger partial charge on any atom is -0.290 e. The summed E-state index contributed by atoms with van der Waals surface area (Å²) in [6.07, 6.45) is 11.0. The number of hydrogen-bond acceptors (Lipinski definition) is 2. The number of aryl methyl sites for hydroxylation is 2. The molecule has 118 valence electrons. The summed E-state index contributed by atoms with van der Waals surface area (Å²) in [5.41, 5.74) is 7.64. The summed E-state index contributed by atoms with van der Waals surface area (Å²) in [6.45, 7) is 6.20. The molecule has 2 heteroatoms. The van der Waals surface area contributed by atoms with Crippen LogP contribution in [0, 0.1) is 20.8 Å². The van der Waals surface area contributed by atoms with Crippen molar-refractivity contribution in [1.29, 1.82) is 0 Å². The molecule has 1 aromatic rings. The standard InChI is InChI=1S/C21H22O2/c1-13-11-14(2)18(9-7-16-5-4-6-16)21(15(13)3)19-12-17(22)8-10-20(19)23/h7-8,10-12H,4-6,9H2,1-3H3. The van der Waals surface area contributed by atoms with E-state index < -0.39 is 0 Å². The maximum Gasteiger partial charge on any atom is 0.186 e. The van der Waals surface area contributed by atoms with Crippen LogP contribution < -0.4 is 0 Å². The third-order valence-corrected chi connectivity index (χ3v) is 4.99. The number of benzene rings is 1. The van der Waals surface area contributed by atoms with Crippen molar-refractivity contribution in [3.63, 3.8) is 0 Å². The Bertz CT molecular complexity index is 783. The molecule has 1 fully saturated rings. The number of rotatable bonds is 3. The lowest BCUT2D eigenvalue weighted by atomic mass is 9.83. The van der Waals surface area contributed by atoms with Gasteiger partial charge in [-0.1, -0.05) is 17.7 Å². The third-order valence-electron chi connectivity index (χ3n) is 4.99. The van der Waals surface area contributed by atoms with E-state index in [9.17, 15) is 9.59 Å². The Labute approximate surface area is 137 Å². The first-order valence-corrected chi connectivity index (χ1v) is 8.23. The highest BCUT2D eigenvalue weighted by atomic mass is 16.1. The quantitative estimate of drug-likeness (QED) is 0.614. The highest BCUT2D eigenvalue weighted by Gasteiger charge is 2.22. The number of carbonyl (C=O) groups excluding carboxylic acids is 2. The van der Waals surface area contributed by atoms with Crippen molar-refractivity contribution in [2.75, 3.05) is 0 Å². The fraction of sp³-hybridized carbons (Fsp3) is 0.333. The van der Waals surface area contributed by atoms with Crippen LogP contribution in [-0.2, 0) is 16.0 Å². The molecule has 0 N–H and O–H groups in total. The van der Waals surface area contributed by atoms with E-state index in [-0.39, 0.29) is 11.6 Å². The molecule has 3 rings (SSSR count). The van der Waals surface area contributed by atoms with Gasteiger partial charge in [0, 0.05) is 5.57 Å². The molecule has 0 radical (unpaired) electrons. The third kappa shape index (κ3) is 2.98. The van der Waals surface area contributed by atoms with Crippen molar-refractivity contribution >= 4 is 17.1 Å². The minimum atomic E-state index is -0.110. The predicted molar refractivity (Wildman–Crippen MR) is 93.4 cm³/mol. The molecule has 0 atom stereocenters. The van der Waals surface area contributed by atoms with Crippen LogP contribution in [0.15, 0.2) is 35.9 Å². The fourth-order valence-corrected chi connectivity index (χ4v) is 3.30. The molecule has 2 aliphatic rings. The van der Waals surface area contributed by atoms with Crippen molar-refractivity contribution in [2.24, 2.45) is 0 Å². The van der Waals surface area contributed by atoms with Gasteiger partial charge in [0.15, 0.2) is 11.6 Å². The van der Waals surface area contributed by atoms with Crippen molar-refractivity contribution in [1.82, 2.24) is 0 Å². The molecule has 1 saturated carbocycles. The lowest BCUT2D eigenvalue weighted by molar-refractivity contribution is -0.113. The Morgan fingerprint density at radius 1 is 1.04 bits per heavy atom. The summed E-state index contributed by atoms with van der Waals surface area (Å²) in [5, 5.41) is 0. The Kier molecular flexibility index (Phi) is 4.16. The van der Waals surface area contributed by atoms with Crippen LogP contribution in [0.3, 0.4) is 0 Å². The van der Waals surface area contributed by atoms with Gasteiger partial charge in [0.05, 0.1) is 0 Å². The maximum absolute atomic E-state index is 12.4. The Morgan fingerprint density at radius 2 is 1.78 bits per heavy atom. The zero-order valence-electron chi connectivity index (χ0n) is 14.0. The van der Waals surface area contributed by atoms with Gasteiger partial charge in [-0.15, -0.1) is 0 Å². The lowest BCUT2D eigenvalue weighted by Gasteiger charge is -2.21. The van der Waals surface area contributed by atoms with Gasteiger partial charge in [-0.2, -0.15) is 0 Å². The van der Waals surface area contributed by atoms with Crippen LogP contribution >= 0.6 is 0 Å². The molecule has 0 amide bonds. The first kappa shape index (κ1) is 15.7. The molecule has 0 saturated heterocycles. The van der Waals surface area contributed by atoms with Gasteiger partial charge in [-0.3, -0.25) is 9.59 Å². The SMILES string of the molecule is Cc1cc(C)c(CC=C2CCC2)c(C2=CC(=O)C=CC2=O)c1C. The number of ketones is 2. The van der Waals surface area contributed by atoms with Crippen LogP contribution in [0.4, 0.5) is 0 Å². The fourth-order valence-electron chi connectivity index (χ4n) is 3.30. The molecule has 0 unspecified atom stereocenters. The Morgan fingerprint density at radius 3 is 2.43 bits per heavy atom. The van der Waals surface area contributed by atoms with E-state index in [2.05, 4.69) is 26.0 Å². The summed E-state index contributed by atoms with van der Waals surface area (Å²) < 4.78 is 0. The van der Waals surface area contributed by atoms with Crippen molar-refractivity contribution in [3.8, 4) is 0 Å². The van der Waals surface area contributed by atoms with Gasteiger partial charge in [-0.25, -0.2) is 0 Å². The second kappa shape index (κ2) is 6.11. The second-order valence-electron chi connectivity index (χ2n) is 6.57. The number of carbonyl (C=O) groups is 2. The van der Waals surface area contributed by atoms with Gasteiger partial charge in [0.25, 0.3) is 0 Å². The van der Waals surface area contributed by atoms with E-state index in [0.717, 1.165) is 23.1 Å². The first-order valence-electron chi connectivity index (χ1n) is 8.23. The van der Waals surface area contributed by atoms with Crippen molar-refractivity contribution in [3.05, 3.63) is 63.8 Å². The normalized spacial score (nSPS) is 17.2. The van der Waals surface area contributed by atoms with Gasteiger partial charge in [0.2, 0.25) is 0 Å². The topological polar surface area (TPSA) is 34.1 Å². The molecule has 0 aliphatic heterocycles. The smallest absolute Gasteiger partial charge is 0.186 e. The van der Waals surface area contributed by atoms with Crippen LogP contribution in [0.2, 0.25) is 0 Å². The number of allylic oxidation sites excluding steroid dienone is 6. The highest BCUT2D eigenvalue weighted by Crippen LogP contribution is 2.33. The van der Waals surface area contributed by atoms with Gasteiger partial charge < -0.3 is 0 Å². The predicted octanol–water partition coefficient (Wildman–Crippen LogP) is 4.36. The molecule has 1 aromatic carbocycles. The van der Waals surface area contributed by atoms with Gasteiger partial charge >= 0.3 is 0 Å². The van der Waals surface area contributed by atoms with Crippen LogP contribution in [-0.4, -0.2) is 11.6 Å². The average molecular weight is 306 g/mol. The summed E-state index contributed by atoms with van der Waals surface area (Å²) in [7, 11) is 0. The molecule has 0 spiro atoms. The van der Waals surface area contributed by atoms with Crippen LogP contribution in [0.1, 0.15) is 47.1 Å². The minimum absolute atomic E-state index is 0.0738. The Balaban J connectivity index is 2.13. The highest BCUT2D eigenvalue weighted by molar-refractivity contribution is 6.34. The lowest BCUT2D eigenvalue weighted by Crippen LogP contribution is -2.12. The van der Waals surface area contributed by atoms with E-state index in [4.69, 9.17) is 0 Å². The van der Waals surface area contributed by atoms with E-state index in [0.29, 0.717) is 5.57 Å². The molecule has 0 heterocycles. The number of hydrogen-bond donors (Lipinski definition) is 0. The second-order valence-corrected chi connectivity index (χ2v) is 6.57. The summed E-state index contributed by atoms with van der Waals surface area (Å²) >= 11 is 0. The van der Waals surface area contributed by atoms with Crippen LogP contribution in [0.5, 0.6) is 0 Å². The largest absolute Gasteiger partial charge is 0.290 e. The van der Waals surface area contributed by atoms with E-state index >= 15 is 0 Å². The summed E-state index contributed by atoms with van der Waals surface area (Å²) in [4.78, 5) is 24.1. The van der Waals surface area contributed by atoms with Crippen LogP contribution in [0.25, 0.3) is 5.57 Å². The van der Waals surface area contributed by atoms with E-state index in [1.165, 1.54) is 54.2 Å². The van der Waals surface area contributed by atoms with Crippen molar-refractivity contribution < 1.29 is 9.59 Å². The van der Waals surface area contributed by atoms with E-state index in [1.54, 1.807) is 0 Å². The summed E-state index contributed by atoms with van der Waals surface area (Å²) in [5.74, 6) is -0.184. The molecule has 23 heavy (non-hydrogen) atoms. The molecule has 2 aliphatic carbocycles. The first-order chi connectivity index (χ1) is 11.0. The average Bonchev–Trinajstić information content (AvgIpc) is 2.45. The monoisotopic (exact) mass is 306 g/mol. The van der Waals surface area contributed by atoms with Gasteiger partial charge in [-0.05, 0) is 92.5 Å². The zero-order valence-corrected chi connectivity index (χ0v) is 14.0. The molecule has 0 bridgehead atoms.